The van der Waals surface area contributed by atoms with E-state index in [1.807, 2.05) is 18.2 Å². The minimum Gasteiger partial charge on any atom is -0.338 e. The van der Waals surface area contributed by atoms with Crippen LogP contribution in [0.4, 0.5) is 5.69 Å². The quantitative estimate of drug-likeness (QED) is 0.712. The van der Waals surface area contributed by atoms with E-state index in [0.29, 0.717) is 22.6 Å². The maximum absolute atomic E-state index is 12.2. The molecule has 23 heavy (non-hydrogen) atoms. The first-order valence-corrected chi connectivity index (χ1v) is 7.27. The number of ketones is 1. The molecule has 6 heteroatoms. The molecule has 6 nitrogen and oxygen atoms in total. The number of anilines is 1. The van der Waals surface area contributed by atoms with Crippen molar-refractivity contribution in [3.8, 4) is 11.4 Å². The molecule has 0 saturated carbocycles. The van der Waals surface area contributed by atoms with E-state index in [9.17, 15) is 9.59 Å². The second-order valence-corrected chi connectivity index (χ2v) is 5.88. The fourth-order valence-corrected chi connectivity index (χ4v) is 2.93. The van der Waals surface area contributed by atoms with Crippen LogP contribution < -0.4 is 5.32 Å². The van der Waals surface area contributed by atoms with Gasteiger partial charge in [0, 0.05) is 29.2 Å². The zero-order valence-corrected chi connectivity index (χ0v) is 12.7. The normalized spacial score (nSPS) is 19.7. The van der Waals surface area contributed by atoms with Crippen molar-refractivity contribution in [2.75, 3.05) is 5.32 Å². The number of rotatable bonds is 2. The molecule has 2 N–H and O–H groups in total. The van der Waals surface area contributed by atoms with E-state index < -0.39 is 5.41 Å². The van der Waals surface area contributed by atoms with E-state index in [-0.39, 0.29) is 11.7 Å². The fraction of sp³-hybridized carbons (Fsp3) is 0.176. The summed E-state index contributed by atoms with van der Waals surface area (Å²) in [6.07, 6.45) is 3.43. The molecule has 0 aliphatic carbocycles. The third kappa shape index (κ3) is 1.81. The maximum Gasteiger partial charge on any atom is 0.242 e. The molecule has 1 aliphatic heterocycles. The Morgan fingerprint density at radius 3 is 2.83 bits per heavy atom. The number of hydrogen-bond acceptors (Lipinski definition) is 4. The number of carbonyl (C=O) groups is 2. The van der Waals surface area contributed by atoms with Crippen molar-refractivity contribution in [2.24, 2.45) is 0 Å². The van der Waals surface area contributed by atoms with Gasteiger partial charge in [-0.05, 0) is 38.1 Å². The molecule has 0 radical (unpaired) electrons. The van der Waals surface area contributed by atoms with Crippen molar-refractivity contribution < 1.29 is 9.59 Å². The number of fused-ring (bicyclic) bond motifs is 2. The molecule has 1 unspecified atom stereocenters. The predicted molar refractivity (Wildman–Crippen MR) is 86.0 cm³/mol. The van der Waals surface area contributed by atoms with Gasteiger partial charge in [-0.15, -0.1) is 0 Å². The lowest BCUT2D eigenvalue weighted by atomic mass is 9.80. The average molecular weight is 306 g/mol. The third-order valence-electron chi connectivity index (χ3n) is 4.50. The van der Waals surface area contributed by atoms with Crippen LogP contribution in [-0.2, 0) is 15.0 Å². The number of carbonyl (C=O) groups excluding carboxylic acids is 2. The second-order valence-electron chi connectivity index (χ2n) is 5.88. The van der Waals surface area contributed by atoms with Gasteiger partial charge in [0.05, 0.1) is 11.0 Å². The Kier molecular flexibility index (Phi) is 2.66. The summed E-state index contributed by atoms with van der Waals surface area (Å²) < 4.78 is 0. The number of aromatic amines is 1. The summed E-state index contributed by atoms with van der Waals surface area (Å²) >= 11 is 0. The van der Waals surface area contributed by atoms with Gasteiger partial charge in [0.15, 0.2) is 0 Å². The van der Waals surface area contributed by atoms with E-state index in [1.165, 1.54) is 6.92 Å². The Balaban J connectivity index is 1.91. The van der Waals surface area contributed by atoms with Crippen molar-refractivity contribution in [3.63, 3.8) is 0 Å². The Morgan fingerprint density at radius 2 is 2.13 bits per heavy atom. The lowest BCUT2D eigenvalue weighted by molar-refractivity contribution is -0.130. The SMILES string of the molecule is CC(=O)C1(C)C(=O)Nc2cc3[nH]c(-c4cccnc4)nc3cc21. The van der Waals surface area contributed by atoms with Crippen LogP contribution in [0.25, 0.3) is 22.4 Å². The summed E-state index contributed by atoms with van der Waals surface area (Å²) in [5, 5.41) is 2.79. The summed E-state index contributed by atoms with van der Waals surface area (Å²) in [5.74, 6) is 0.226. The van der Waals surface area contributed by atoms with Gasteiger partial charge in [-0.25, -0.2) is 4.98 Å². The molecule has 1 atom stereocenters. The molecule has 2 aromatic heterocycles. The van der Waals surface area contributed by atoms with Crippen molar-refractivity contribution in [3.05, 3.63) is 42.2 Å². The summed E-state index contributed by atoms with van der Waals surface area (Å²) in [7, 11) is 0. The van der Waals surface area contributed by atoms with Gasteiger partial charge < -0.3 is 10.3 Å². The first kappa shape index (κ1) is 13.6. The summed E-state index contributed by atoms with van der Waals surface area (Å²) in [5.41, 5.74) is 2.56. The van der Waals surface area contributed by atoms with Gasteiger partial charge in [-0.2, -0.15) is 0 Å². The van der Waals surface area contributed by atoms with Gasteiger partial charge in [0.1, 0.15) is 17.0 Å². The number of H-pyrrole nitrogens is 1. The van der Waals surface area contributed by atoms with Crippen molar-refractivity contribution in [1.29, 1.82) is 0 Å². The Bertz CT molecular complexity index is 961. The highest BCUT2D eigenvalue weighted by Crippen LogP contribution is 2.40. The predicted octanol–water partition coefficient (Wildman–Crippen LogP) is 2.42. The van der Waals surface area contributed by atoms with E-state index in [4.69, 9.17) is 0 Å². The molecule has 1 aliphatic rings. The smallest absolute Gasteiger partial charge is 0.242 e. The molecule has 3 heterocycles. The lowest BCUT2D eigenvalue weighted by Crippen LogP contribution is -2.37. The van der Waals surface area contributed by atoms with Crippen LogP contribution in [0, 0.1) is 0 Å². The van der Waals surface area contributed by atoms with Gasteiger partial charge >= 0.3 is 0 Å². The molecule has 1 aromatic carbocycles. The van der Waals surface area contributed by atoms with Crippen LogP contribution in [0.15, 0.2) is 36.7 Å². The number of benzene rings is 1. The zero-order valence-electron chi connectivity index (χ0n) is 12.7. The molecule has 0 spiro atoms. The monoisotopic (exact) mass is 306 g/mol. The molecule has 1 amide bonds. The van der Waals surface area contributed by atoms with E-state index in [1.54, 1.807) is 25.4 Å². The van der Waals surface area contributed by atoms with Crippen LogP contribution >= 0.6 is 0 Å². The maximum atomic E-state index is 12.2. The van der Waals surface area contributed by atoms with Gasteiger partial charge in [0.2, 0.25) is 5.91 Å². The van der Waals surface area contributed by atoms with Gasteiger partial charge in [-0.3, -0.25) is 14.6 Å². The van der Waals surface area contributed by atoms with E-state index in [0.717, 1.165) is 11.1 Å². The van der Waals surface area contributed by atoms with Crippen molar-refractivity contribution >= 4 is 28.4 Å². The Labute approximate surface area is 132 Å². The molecule has 0 saturated heterocycles. The number of amides is 1. The van der Waals surface area contributed by atoms with Crippen molar-refractivity contribution in [2.45, 2.75) is 19.3 Å². The van der Waals surface area contributed by atoms with Crippen LogP contribution in [0.3, 0.4) is 0 Å². The number of aromatic nitrogens is 3. The number of nitrogens with one attached hydrogen (secondary N) is 2. The molecule has 0 fully saturated rings. The molecule has 114 valence electrons. The minimum absolute atomic E-state index is 0.184. The molecular formula is C17H14N4O2. The largest absolute Gasteiger partial charge is 0.338 e. The average Bonchev–Trinajstić information content (AvgIpc) is 3.06. The number of Topliss-reactive ketones (excluding diaryl/α,β-unsaturated/α-hetero) is 1. The van der Waals surface area contributed by atoms with Crippen molar-refractivity contribution in [1.82, 2.24) is 15.0 Å². The second kappa shape index (κ2) is 4.49. The van der Waals surface area contributed by atoms with Crippen LogP contribution in [0.2, 0.25) is 0 Å². The fourth-order valence-electron chi connectivity index (χ4n) is 2.93. The third-order valence-corrected chi connectivity index (χ3v) is 4.50. The van der Waals surface area contributed by atoms with Crippen LogP contribution in [-0.4, -0.2) is 26.6 Å². The summed E-state index contributed by atoms with van der Waals surface area (Å²) in [6, 6.07) is 7.39. The number of nitrogens with zero attached hydrogens (tertiary/aromatic N) is 2. The first-order chi connectivity index (χ1) is 11.0. The van der Waals surface area contributed by atoms with E-state index in [2.05, 4.69) is 20.3 Å². The van der Waals surface area contributed by atoms with Gasteiger partial charge in [0.25, 0.3) is 0 Å². The van der Waals surface area contributed by atoms with Gasteiger partial charge in [-0.1, -0.05) is 0 Å². The summed E-state index contributed by atoms with van der Waals surface area (Å²) in [4.78, 5) is 36.1. The minimum atomic E-state index is -1.16. The highest BCUT2D eigenvalue weighted by Gasteiger charge is 2.47. The Hall–Kier alpha value is -3.02. The Morgan fingerprint density at radius 1 is 1.30 bits per heavy atom. The molecule has 0 bridgehead atoms. The number of imidazole rings is 1. The number of pyridine rings is 1. The molecule has 3 aromatic rings. The topological polar surface area (TPSA) is 87.7 Å². The van der Waals surface area contributed by atoms with E-state index >= 15 is 0 Å². The molecular weight excluding hydrogens is 292 g/mol. The number of hydrogen-bond donors (Lipinski definition) is 2. The summed E-state index contributed by atoms with van der Waals surface area (Å²) in [6.45, 7) is 3.08. The standard InChI is InChI=1S/C17H14N4O2/c1-9(22)17(2)11-6-13-14(7-12(11)21-16(17)23)20-15(19-13)10-4-3-5-18-8-10/h3-8H,1-2H3,(H,19,20)(H,21,23). The highest BCUT2D eigenvalue weighted by molar-refractivity contribution is 6.21. The van der Waals surface area contributed by atoms with Crippen LogP contribution in [0.1, 0.15) is 19.4 Å². The lowest BCUT2D eigenvalue weighted by Gasteiger charge is -2.17. The van der Waals surface area contributed by atoms with Crippen LogP contribution in [0.5, 0.6) is 0 Å². The highest BCUT2D eigenvalue weighted by atomic mass is 16.2. The first-order valence-electron chi connectivity index (χ1n) is 7.27. The molecule has 4 rings (SSSR count). The zero-order chi connectivity index (χ0) is 16.2.